The van der Waals surface area contributed by atoms with Gasteiger partial charge in [-0.2, -0.15) is 13.2 Å². The normalized spacial score (nSPS) is 29.0. The zero-order chi connectivity index (χ0) is 22.9. The molecule has 1 saturated heterocycles. The molecule has 29 heavy (non-hydrogen) atoms. The van der Waals surface area contributed by atoms with Crippen LogP contribution in [-0.2, 0) is 17.5 Å². The zero-order valence-corrected chi connectivity index (χ0v) is 15.9. The number of benzene rings is 1. The molecule has 11 heteroatoms. The Morgan fingerprint density at radius 1 is 1.41 bits per heavy atom. The summed E-state index contributed by atoms with van der Waals surface area (Å²) in [6.45, 7) is -1.32. The lowest BCUT2D eigenvalue weighted by Crippen LogP contribution is -2.58. The van der Waals surface area contributed by atoms with Crippen LogP contribution in [0.3, 0.4) is 0 Å². The fraction of sp³-hybridized carbons (Fsp3) is 0.500. The molecule has 2 atom stereocenters. The van der Waals surface area contributed by atoms with Gasteiger partial charge in [0.2, 0.25) is 0 Å². The molecule has 0 spiro atoms. The Bertz CT molecular complexity index is 1000. The smallest absolute Gasteiger partial charge is 0.335 e. The number of carbonyl (C=O) groups excluding carboxylic acids is 3. The van der Waals surface area contributed by atoms with Gasteiger partial charge in [-0.05, 0) is 48.9 Å². The van der Waals surface area contributed by atoms with Crippen molar-refractivity contribution in [1.29, 1.82) is 0 Å². The van der Waals surface area contributed by atoms with Gasteiger partial charge in [0.05, 0.1) is 25.9 Å². The first-order valence-electron chi connectivity index (χ1n) is 9.91. The summed E-state index contributed by atoms with van der Waals surface area (Å²) in [4.78, 5) is 37.6. The highest BCUT2D eigenvalue weighted by Crippen LogP contribution is 2.43. The number of imide groups is 1. The lowest BCUT2D eigenvalue weighted by molar-refractivity contribution is -0.137. The second-order valence-electron chi connectivity index (χ2n) is 7.39. The minimum Gasteiger partial charge on any atom is -0.335 e. The van der Waals surface area contributed by atoms with Crippen LogP contribution in [0.1, 0.15) is 45.2 Å². The summed E-state index contributed by atoms with van der Waals surface area (Å²) in [5.74, 6) is -0.750. The van der Waals surface area contributed by atoms with E-state index in [0.29, 0.717) is 12.8 Å². The molecule has 1 aliphatic carbocycles. The highest BCUT2D eigenvalue weighted by Gasteiger charge is 2.56. The number of nitrogens with zero attached hydrogens (tertiary/aromatic N) is 1. The van der Waals surface area contributed by atoms with E-state index in [4.69, 9.17) is 14.3 Å². The maximum atomic E-state index is 13.2. The standard InChI is InChI=1S/C18H18ClF3N4O3/c1-8-11-5-12(18(20,21)22)13(19)4-9(11)6-26(8)16(29)23-7-17(10-2-3-10)14(27)24-15(28)25-17/h4-5,8,10H,2-3,6-7H2,1H3,(H,23,29)(H2,24,25,27,28)/t8-,17+/m1/s1/i6D2. The molecule has 0 unspecified atom stereocenters. The van der Waals surface area contributed by atoms with Crippen molar-refractivity contribution in [3.63, 3.8) is 0 Å². The minimum absolute atomic E-state index is 0.0132. The molecule has 2 aliphatic heterocycles. The molecule has 0 radical (unpaired) electrons. The molecule has 1 aromatic carbocycles. The first-order valence-corrected chi connectivity index (χ1v) is 9.28. The molecule has 0 aromatic heterocycles. The molecule has 5 amide bonds. The van der Waals surface area contributed by atoms with Crippen LogP contribution in [0.5, 0.6) is 0 Å². The van der Waals surface area contributed by atoms with E-state index in [9.17, 15) is 27.6 Å². The largest absolute Gasteiger partial charge is 0.417 e. The molecule has 3 aliphatic rings. The van der Waals surface area contributed by atoms with Gasteiger partial charge in [0.25, 0.3) is 5.91 Å². The molecular formula is C18H18ClF3N4O3. The van der Waals surface area contributed by atoms with E-state index in [1.807, 2.05) is 0 Å². The van der Waals surface area contributed by atoms with Crippen LogP contribution in [0.25, 0.3) is 0 Å². The molecule has 156 valence electrons. The van der Waals surface area contributed by atoms with E-state index < -0.39 is 52.8 Å². The van der Waals surface area contributed by atoms with Crippen LogP contribution in [0, 0.1) is 5.92 Å². The quantitative estimate of drug-likeness (QED) is 0.641. The highest BCUT2D eigenvalue weighted by molar-refractivity contribution is 6.31. The molecule has 2 heterocycles. The molecule has 1 saturated carbocycles. The molecule has 2 fully saturated rings. The monoisotopic (exact) mass is 432 g/mol. The van der Waals surface area contributed by atoms with Gasteiger partial charge in [-0.1, -0.05) is 11.6 Å². The number of nitrogens with one attached hydrogen (secondary N) is 3. The predicted octanol–water partition coefficient (Wildman–Crippen LogP) is 2.93. The van der Waals surface area contributed by atoms with E-state index >= 15 is 0 Å². The molecule has 1 aromatic rings. The van der Waals surface area contributed by atoms with Gasteiger partial charge >= 0.3 is 18.2 Å². The van der Waals surface area contributed by atoms with Crippen molar-refractivity contribution in [2.24, 2.45) is 5.92 Å². The molecule has 4 rings (SSSR count). The van der Waals surface area contributed by atoms with E-state index in [2.05, 4.69) is 16.0 Å². The van der Waals surface area contributed by atoms with Gasteiger partial charge in [-0.15, -0.1) is 0 Å². The van der Waals surface area contributed by atoms with Crippen molar-refractivity contribution in [1.82, 2.24) is 20.9 Å². The summed E-state index contributed by atoms with van der Waals surface area (Å²) >= 11 is 5.74. The number of hydrogen-bond donors (Lipinski definition) is 3. The summed E-state index contributed by atoms with van der Waals surface area (Å²) in [5, 5.41) is 6.49. The third kappa shape index (κ3) is 3.29. The number of alkyl halides is 3. The van der Waals surface area contributed by atoms with E-state index in [1.165, 1.54) is 6.92 Å². The number of urea groups is 2. The Hall–Kier alpha value is -2.49. The topological polar surface area (TPSA) is 90.5 Å². The molecular weight excluding hydrogens is 413 g/mol. The SMILES string of the molecule is [2H]C1([2H])c2cc(Cl)c(C(F)(F)F)cc2[C@@H](C)N1C(=O)NC[C@@]1(C2CC2)NC(=O)NC1=O. The average Bonchev–Trinajstić information content (AvgIpc) is 3.41. The van der Waals surface area contributed by atoms with Crippen LogP contribution >= 0.6 is 11.6 Å². The summed E-state index contributed by atoms with van der Waals surface area (Å²) in [7, 11) is 0. The third-order valence-corrected chi connectivity index (χ3v) is 5.82. The second kappa shape index (κ2) is 6.51. The van der Waals surface area contributed by atoms with E-state index in [0.717, 1.165) is 17.0 Å². The summed E-state index contributed by atoms with van der Waals surface area (Å²) in [5.41, 5.74) is -2.60. The van der Waals surface area contributed by atoms with Gasteiger partial charge in [0.1, 0.15) is 5.54 Å². The van der Waals surface area contributed by atoms with E-state index in [1.54, 1.807) is 0 Å². The van der Waals surface area contributed by atoms with Gasteiger partial charge in [0, 0.05) is 6.50 Å². The Morgan fingerprint density at radius 3 is 2.66 bits per heavy atom. The fourth-order valence-corrected chi connectivity index (χ4v) is 4.05. The zero-order valence-electron chi connectivity index (χ0n) is 17.1. The molecule has 7 nitrogen and oxygen atoms in total. The molecule has 0 bridgehead atoms. The maximum Gasteiger partial charge on any atom is 0.417 e. The number of hydrogen-bond acceptors (Lipinski definition) is 3. The van der Waals surface area contributed by atoms with Crippen LogP contribution in [-0.4, -0.2) is 35.0 Å². The van der Waals surface area contributed by atoms with Crippen LogP contribution in [0.15, 0.2) is 12.1 Å². The Labute approximate surface area is 171 Å². The predicted molar refractivity (Wildman–Crippen MR) is 95.9 cm³/mol. The number of rotatable bonds is 3. The summed E-state index contributed by atoms with van der Waals surface area (Å²) in [6.07, 6.45) is -3.39. The lowest BCUT2D eigenvalue weighted by atomic mass is 9.93. The van der Waals surface area contributed by atoms with Gasteiger partial charge < -0.3 is 15.5 Å². The summed E-state index contributed by atoms with van der Waals surface area (Å²) < 4.78 is 56.4. The van der Waals surface area contributed by atoms with Gasteiger partial charge in [-0.25, -0.2) is 9.59 Å². The van der Waals surface area contributed by atoms with E-state index in [-0.39, 0.29) is 23.6 Å². The van der Waals surface area contributed by atoms with Crippen molar-refractivity contribution in [2.75, 3.05) is 6.54 Å². The van der Waals surface area contributed by atoms with Crippen LogP contribution in [0.4, 0.5) is 22.8 Å². The summed E-state index contributed by atoms with van der Waals surface area (Å²) in [6, 6.07) is -0.999. The van der Waals surface area contributed by atoms with Gasteiger partial charge in [-0.3, -0.25) is 10.1 Å². The van der Waals surface area contributed by atoms with Crippen molar-refractivity contribution < 1.29 is 30.3 Å². The average molecular weight is 433 g/mol. The van der Waals surface area contributed by atoms with Crippen LogP contribution < -0.4 is 16.0 Å². The maximum absolute atomic E-state index is 13.2. The first kappa shape index (κ1) is 17.4. The first-order chi connectivity index (χ1) is 14.3. The second-order valence-corrected chi connectivity index (χ2v) is 7.79. The number of carbonyl (C=O) groups is 3. The van der Waals surface area contributed by atoms with Crippen molar-refractivity contribution in [2.45, 2.75) is 44.0 Å². The van der Waals surface area contributed by atoms with Gasteiger partial charge in [0.15, 0.2) is 0 Å². The highest BCUT2D eigenvalue weighted by atomic mass is 35.5. The number of amides is 5. The fourth-order valence-electron chi connectivity index (χ4n) is 3.78. The Kier molecular flexibility index (Phi) is 3.90. The van der Waals surface area contributed by atoms with Crippen LogP contribution in [0.2, 0.25) is 5.02 Å². The Morgan fingerprint density at radius 2 is 2.10 bits per heavy atom. The van der Waals surface area contributed by atoms with Crippen molar-refractivity contribution in [3.8, 4) is 0 Å². The number of halogens is 4. The van der Waals surface area contributed by atoms with Crippen molar-refractivity contribution in [3.05, 3.63) is 33.8 Å². The molecule has 3 N–H and O–H groups in total. The number of fused-ring (bicyclic) bond motifs is 1. The Balaban J connectivity index is 1.60. The lowest BCUT2D eigenvalue weighted by Gasteiger charge is -2.29. The third-order valence-electron chi connectivity index (χ3n) is 5.50. The minimum atomic E-state index is -4.74. The van der Waals surface area contributed by atoms with Crippen molar-refractivity contribution >= 4 is 29.6 Å².